The molecule has 0 aliphatic heterocycles. The minimum absolute atomic E-state index is 0.809. The summed E-state index contributed by atoms with van der Waals surface area (Å²) >= 11 is 1.65. The number of tetrazole rings is 1. The molecule has 4 nitrogen and oxygen atoms in total. The normalized spacial score (nSPS) is 10.8. The number of hydrogen-bond acceptors (Lipinski definition) is 4. The summed E-state index contributed by atoms with van der Waals surface area (Å²) in [5, 5.41) is 12.8. The van der Waals surface area contributed by atoms with Gasteiger partial charge >= 0.3 is 0 Å². The third kappa shape index (κ3) is 3.13. The first-order valence-corrected chi connectivity index (χ1v) is 7.75. The van der Waals surface area contributed by atoms with Gasteiger partial charge in [0.1, 0.15) is 0 Å². The minimum atomic E-state index is 0.809. The topological polar surface area (TPSA) is 43.6 Å². The number of hydrogen-bond donors (Lipinski definition) is 0. The van der Waals surface area contributed by atoms with Crippen LogP contribution in [0.3, 0.4) is 0 Å². The maximum Gasteiger partial charge on any atom is 0.214 e. The van der Waals surface area contributed by atoms with E-state index in [0.29, 0.717) is 0 Å². The van der Waals surface area contributed by atoms with Crippen LogP contribution in [0.5, 0.6) is 0 Å². The van der Waals surface area contributed by atoms with Gasteiger partial charge in [-0.2, -0.15) is 4.68 Å². The highest BCUT2D eigenvalue weighted by atomic mass is 32.2. The predicted molar refractivity (Wildman–Crippen MR) is 84.6 cm³/mol. The van der Waals surface area contributed by atoms with Crippen molar-refractivity contribution < 1.29 is 0 Å². The molecule has 0 fully saturated rings. The van der Waals surface area contributed by atoms with Crippen LogP contribution in [-0.2, 0) is 5.75 Å². The van der Waals surface area contributed by atoms with E-state index in [-0.39, 0.29) is 0 Å². The van der Waals surface area contributed by atoms with Crippen LogP contribution >= 0.6 is 11.8 Å². The molecule has 0 saturated carbocycles. The molecule has 1 aromatic heterocycles. The molecule has 0 saturated heterocycles. The second-order valence-electron chi connectivity index (χ2n) is 4.93. The van der Waals surface area contributed by atoms with Crippen LogP contribution in [0.4, 0.5) is 0 Å². The fraction of sp³-hybridized carbons (Fsp3) is 0.188. The van der Waals surface area contributed by atoms with Crippen LogP contribution in [0.15, 0.2) is 53.7 Å². The smallest absolute Gasteiger partial charge is 0.187 e. The van der Waals surface area contributed by atoms with Crippen molar-refractivity contribution in [2.24, 2.45) is 0 Å². The third-order valence-corrected chi connectivity index (χ3v) is 4.27. The monoisotopic (exact) mass is 296 g/mol. The highest BCUT2D eigenvalue weighted by Crippen LogP contribution is 2.24. The Kier molecular flexibility index (Phi) is 4.01. The van der Waals surface area contributed by atoms with Gasteiger partial charge in [-0.15, -0.1) is 5.10 Å². The number of thioether (sulfide) groups is 1. The number of aromatic nitrogens is 4. The molecule has 106 valence electrons. The molecule has 0 atom stereocenters. The quantitative estimate of drug-likeness (QED) is 0.690. The van der Waals surface area contributed by atoms with E-state index in [2.05, 4.69) is 65.8 Å². The van der Waals surface area contributed by atoms with Gasteiger partial charge in [0.15, 0.2) is 0 Å². The average molecular weight is 296 g/mol. The Morgan fingerprint density at radius 3 is 2.71 bits per heavy atom. The summed E-state index contributed by atoms with van der Waals surface area (Å²) in [6.45, 7) is 4.19. The van der Waals surface area contributed by atoms with Crippen molar-refractivity contribution in [3.8, 4) is 5.69 Å². The van der Waals surface area contributed by atoms with E-state index in [9.17, 15) is 0 Å². The largest absolute Gasteiger partial charge is 0.214 e. The lowest BCUT2D eigenvalue weighted by Crippen LogP contribution is -1.99. The number of benzene rings is 2. The van der Waals surface area contributed by atoms with Crippen molar-refractivity contribution in [3.63, 3.8) is 0 Å². The number of nitrogens with zero attached hydrogens (tertiary/aromatic N) is 4. The van der Waals surface area contributed by atoms with Crippen molar-refractivity contribution in [1.29, 1.82) is 0 Å². The van der Waals surface area contributed by atoms with Gasteiger partial charge in [0.2, 0.25) is 5.16 Å². The second-order valence-corrected chi connectivity index (χ2v) is 5.87. The molecule has 3 aromatic rings. The van der Waals surface area contributed by atoms with E-state index >= 15 is 0 Å². The summed E-state index contributed by atoms with van der Waals surface area (Å²) in [7, 11) is 0. The fourth-order valence-electron chi connectivity index (χ4n) is 2.11. The van der Waals surface area contributed by atoms with E-state index in [4.69, 9.17) is 0 Å². The molecule has 0 bridgehead atoms. The molecule has 1 heterocycles. The Hall–Kier alpha value is -2.14. The fourth-order valence-corrected chi connectivity index (χ4v) is 3.07. The van der Waals surface area contributed by atoms with Gasteiger partial charge in [0, 0.05) is 5.75 Å². The maximum atomic E-state index is 4.13. The molecule has 0 spiro atoms. The molecule has 21 heavy (non-hydrogen) atoms. The molecular formula is C16H16N4S. The summed E-state index contributed by atoms with van der Waals surface area (Å²) in [6.07, 6.45) is 0. The first kappa shape index (κ1) is 13.8. The van der Waals surface area contributed by atoms with Crippen molar-refractivity contribution in [2.45, 2.75) is 24.8 Å². The van der Waals surface area contributed by atoms with Crippen molar-refractivity contribution >= 4 is 11.8 Å². The standard InChI is InChI=1S/C16H16N4S/c1-12-6-5-9-15(10-12)20-16(17-18-19-20)21-11-14-8-4-3-7-13(14)2/h3-10H,11H2,1-2H3. The van der Waals surface area contributed by atoms with Crippen LogP contribution in [0.2, 0.25) is 0 Å². The van der Waals surface area contributed by atoms with Gasteiger partial charge in [-0.25, -0.2) is 0 Å². The molecular weight excluding hydrogens is 280 g/mol. The Morgan fingerprint density at radius 1 is 1.05 bits per heavy atom. The third-order valence-electron chi connectivity index (χ3n) is 3.31. The number of aryl methyl sites for hydroxylation is 2. The second kappa shape index (κ2) is 6.10. The molecule has 0 aliphatic carbocycles. The van der Waals surface area contributed by atoms with Gasteiger partial charge in [-0.05, 0) is 53.1 Å². The molecule has 0 N–H and O–H groups in total. The SMILES string of the molecule is Cc1cccc(-n2nnnc2SCc2ccccc2C)c1. The Labute approximate surface area is 128 Å². The van der Waals surface area contributed by atoms with Crippen LogP contribution < -0.4 is 0 Å². The van der Waals surface area contributed by atoms with E-state index < -0.39 is 0 Å². The van der Waals surface area contributed by atoms with E-state index in [1.54, 1.807) is 16.4 Å². The van der Waals surface area contributed by atoms with E-state index in [1.165, 1.54) is 16.7 Å². The first-order chi connectivity index (χ1) is 10.2. The summed E-state index contributed by atoms with van der Waals surface area (Å²) in [6, 6.07) is 16.6. The Bertz CT molecular complexity index is 751. The van der Waals surface area contributed by atoms with Crippen molar-refractivity contribution in [3.05, 3.63) is 65.2 Å². The molecule has 2 aromatic carbocycles. The van der Waals surface area contributed by atoms with Gasteiger partial charge in [-0.1, -0.05) is 48.2 Å². The molecule has 3 rings (SSSR count). The van der Waals surface area contributed by atoms with E-state index in [0.717, 1.165) is 16.6 Å². The molecule has 0 radical (unpaired) electrons. The highest BCUT2D eigenvalue weighted by Gasteiger charge is 2.09. The van der Waals surface area contributed by atoms with Gasteiger partial charge in [0.05, 0.1) is 5.69 Å². The van der Waals surface area contributed by atoms with Crippen LogP contribution in [0, 0.1) is 13.8 Å². The summed E-state index contributed by atoms with van der Waals surface area (Å²) < 4.78 is 1.79. The average Bonchev–Trinajstić information content (AvgIpc) is 2.95. The maximum absolute atomic E-state index is 4.13. The summed E-state index contributed by atoms with van der Waals surface area (Å²) in [5.74, 6) is 0.860. The lowest BCUT2D eigenvalue weighted by molar-refractivity contribution is 0.755. The van der Waals surface area contributed by atoms with E-state index in [1.807, 2.05) is 12.1 Å². The van der Waals surface area contributed by atoms with Crippen molar-refractivity contribution in [1.82, 2.24) is 20.2 Å². The molecule has 0 unspecified atom stereocenters. The number of rotatable bonds is 4. The summed E-state index contributed by atoms with van der Waals surface area (Å²) in [5.41, 5.74) is 4.78. The molecule has 0 aliphatic rings. The zero-order valence-corrected chi connectivity index (χ0v) is 12.8. The Balaban J connectivity index is 1.82. The zero-order valence-electron chi connectivity index (χ0n) is 12.0. The van der Waals surface area contributed by atoms with Gasteiger partial charge in [-0.3, -0.25) is 0 Å². The van der Waals surface area contributed by atoms with Crippen LogP contribution in [-0.4, -0.2) is 20.2 Å². The van der Waals surface area contributed by atoms with Crippen molar-refractivity contribution in [2.75, 3.05) is 0 Å². The van der Waals surface area contributed by atoms with Gasteiger partial charge < -0.3 is 0 Å². The lowest BCUT2D eigenvalue weighted by Gasteiger charge is -2.06. The highest BCUT2D eigenvalue weighted by molar-refractivity contribution is 7.98. The molecule has 5 heteroatoms. The summed E-state index contributed by atoms with van der Waals surface area (Å²) in [4.78, 5) is 0. The van der Waals surface area contributed by atoms with Crippen LogP contribution in [0.25, 0.3) is 5.69 Å². The molecule has 0 amide bonds. The lowest BCUT2D eigenvalue weighted by atomic mass is 10.1. The Morgan fingerprint density at radius 2 is 1.90 bits per heavy atom. The predicted octanol–water partition coefficient (Wildman–Crippen LogP) is 3.57. The first-order valence-electron chi connectivity index (χ1n) is 6.77. The minimum Gasteiger partial charge on any atom is -0.187 e. The zero-order chi connectivity index (χ0) is 14.7. The van der Waals surface area contributed by atoms with Crippen LogP contribution in [0.1, 0.15) is 16.7 Å². The van der Waals surface area contributed by atoms with Gasteiger partial charge in [0.25, 0.3) is 0 Å².